The Morgan fingerprint density at radius 3 is 2.81 bits per heavy atom. The summed E-state index contributed by atoms with van der Waals surface area (Å²) in [6, 6.07) is 1.36. The number of pyridine rings is 1. The fraction of sp³-hybridized carbons (Fsp3) is 0.429. The highest BCUT2D eigenvalue weighted by molar-refractivity contribution is 6.29. The standard InChI is InChI=1S/C14H16ClN3O3/c1-2-7-17(10-5-3-4-6-10)14(19)11-8-13(15)16-9-12(11)18(20)21/h2,8-10H,1,3-7H2. The van der Waals surface area contributed by atoms with Crippen LogP contribution in [0.25, 0.3) is 0 Å². The zero-order chi connectivity index (χ0) is 15.4. The van der Waals surface area contributed by atoms with Crippen LogP contribution < -0.4 is 0 Å². The molecule has 1 aromatic rings. The molecule has 1 aliphatic rings. The van der Waals surface area contributed by atoms with Crippen molar-refractivity contribution in [1.29, 1.82) is 0 Å². The SMILES string of the molecule is C=CCN(C(=O)c1cc(Cl)ncc1[N+](=O)[O-])C1CCCC1. The van der Waals surface area contributed by atoms with Crippen molar-refractivity contribution in [3.05, 3.63) is 45.7 Å². The summed E-state index contributed by atoms with van der Waals surface area (Å²) in [5, 5.41) is 11.1. The van der Waals surface area contributed by atoms with E-state index in [0.29, 0.717) is 6.54 Å². The summed E-state index contributed by atoms with van der Waals surface area (Å²) in [5.74, 6) is -0.391. The number of halogens is 1. The van der Waals surface area contributed by atoms with Crippen LogP contribution in [-0.2, 0) is 0 Å². The number of amides is 1. The van der Waals surface area contributed by atoms with E-state index in [2.05, 4.69) is 11.6 Å². The van der Waals surface area contributed by atoms with E-state index in [1.54, 1.807) is 11.0 Å². The molecule has 112 valence electrons. The number of carbonyl (C=O) groups excluding carboxylic acids is 1. The first kappa shape index (κ1) is 15.4. The van der Waals surface area contributed by atoms with Crippen molar-refractivity contribution in [3.63, 3.8) is 0 Å². The summed E-state index contributed by atoms with van der Waals surface area (Å²) in [7, 11) is 0. The van der Waals surface area contributed by atoms with Crippen LogP contribution in [0.2, 0.25) is 5.15 Å². The van der Waals surface area contributed by atoms with Crippen LogP contribution in [0.3, 0.4) is 0 Å². The molecule has 0 unspecified atom stereocenters. The molecule has 0 aliphatic heterocycles. The van der Waals surface area contributed by atoms with Crippen LogP contribution in [-0.4, -0.2) is 33.3 Å². The third-order valence-electron chi connectivity index (χ3n) is 3.63. The molecule has 2 rings (SSSR count). The van der Waals surface area contributed by atoms with E-state index in [9.17, 15) is 14.9 Å². The maximum Gasteiger partial charge on any atom is 0.300 e. The van der Waals surface area contributed by atoms with Gasteiger partial charge in [0.05, 0.1) is 4.92 Å². The molecule has 21 heavy (non-hydrogen) atoms. The van der Waals surface area contributed by atoms with Crippen molar-refractivity contribution >= 4 is 23.2 Å². The van der Waals surface area contributed by atoms with E-state index in [1.165, 1.54) is 6.07 Å². The zero-order valence-corrected chi connectivity index (χ0v) is 12.3. The van der Waals surface area contributed by atoms with E-state index >= 15 is 0 Å². The Balaban J connectivity index is 2.37. The van der Waals surface area contributed by atoms with Crippen molar-refractivity contribution in [1.82, 2.24) is 9.88 Å². The summed E-state index contributed by atoms with van der Waals surface area (Å²) >= 11 is 5.78. The third-order valence-corrected chi connectivity index (χ3v) is 3.84. The Morgan fingerprint density at radius 2 is 2.24 bits per heavy atom. The molecule has 0 radical (unpaired) electrons. The van der Waals surface area contributed by atoms with Crippen LogP contribution in [0.15, 0.2) is 24.9 Å². The van der Waals surface area contributed by atoms with Gasteiger partial charge in [0.1, 0.15) is 16.9 Å². The number of aromatic nitrogens is 1. The predicted octanol–water partition coefficient (Wildman–Crippen LogP) is 3.21. The Kier molecular flexibility index (Phi) is 4.90. The molecule has 6 nitrogen and oxygen atoms in total. The van der Waals surface area contributed by atoms with Gasteiger partial charge in [-0.15, -0.1) is 6.58 Å². The molecular formula is C14H16ClN3O3. The highest BCUT2D eigenvalue weighted by Gasteiger charge is 2.31. The van der Waals surface area contributed by atoms with Gasteiger partial charge in [0.15, 0.2) is 0 Å². The predicted molar refractivity (Wildman–Crippen MR) is 79.4 cm³/mol. The second-order valence-electron chi connectivity index (χ2n) is 4.97. The molecule has 1 amide bonds. The molecule has 0 atom stereocenters. The molecule has 0 spiro atoms. The second kappa shape index (κ2) is 6.67. The molecule has 7 heteroatoms. The minimum absolute atomic E-state index is 0.0197. The molecule has 1 heterocycles. The summed E-state index contributed by atoms with van der Waals surface area (Å²) < 4.78 is 0. The lowest BCUT2D eigenvalue weighted by molar-refractivity contribution is -0.385. The highest BCUT2D eigenvalue weighted by Crippen LogP contribution is 2.28. The van der Waals surface area contributed by atoms with Crippen molar-refractivity contribution in [3.8, 4) is 0 Å². The Hall–Kier alpha value is -1.95. The average Bonchev–Trinajstić information content (AvgIpc) is 2.97. The summed E-state index contributed by atoms with van der Waals surface area (Å²) in [5.41, 5.74) is -0.342. The molecule has 0 bridgehead atoms. The highest BCUT2D eigenvalue weighted by atomic mass is 35.5. The maximum atomic E-state index is 12.7. The molecule has 1 aliphatic carbocycles. The quantitative estimate of drug-likeness (QED) is 0.362. The van der Waals surface area contributed by atoms with Crippen molar-refractivity contribution in [2.24, 2.45) is 0 Å². The fourth-order valence-electron chi connectivity index (χ4n) is 2.65. The van der Waals surface area contributed by atoms with Crippen molar-refractivity contribution < 1.29 is 9.72 Å². The minimum Gasteiger partial charge on any atom is -0.332 e. The number of nitro groups is 1. The van der Waals surface area contributed by atoms with E-state index in [0.717, 1.165) is 31.9 Å². The topological polar surface area (TPSA) is 76.3 Å². The molecule has 1 aromatic heterocycles. The van der Waals surface area contributed by atoms with Gasteiger partial charge < -0.3 is 4.90 Å². The van der Waals surface area contributed by atoms with Gasteiger partial charge in [-0.3, -0.25) is 14.9 Å². The van der Waals surface area contributed by atoms with E-state index in [1.807, 2.05) is 0 Å². The number of hydrogen-bond acceptors (Lipinski definition) is 4. The molecule has 0 aromatic carbocycles. The summed E-state index contributed by atoms with van der Waals surface area (Å²) in [6.07, 6.45) is 6.59. The van der Waals surface area contributed by atoms with Gasteiger partial charge >= 0.3 is 0 Å². The lowest BCUT2D eigenvalue weighted by Gasteiger charge is -2.27. The van der Waals surface area contributed by atoms with Crippen molar-refractivity contribution in [2.45, 2.75) is 31.7 Å². The van der Waals surface area contributed by atoms with E-state index < -0.39 is 10.8 Å². The second-order valence-corrected chi connectivity index (χ2v) is 5.35. The van der Waals surface area contributed by atoms with Crippen LogP contribution in [0, 0.1) is 10.1 Å². The Morgan fingerprint density at radius 1 is 1.57 bits per heavy atom. The lowest BCUT2D eigenvalue weighted by atomic mass is 10.1. The largest absolute Gasteiger partial charge is 0.332 e. The first-order valence-corrected chi connectivity index (χ1v) is 7.14. The third kappa shape index (κ3) is 3.39. The fourth-order valence-corrected chi connectivity index (χ4v) is 2.80. The van der Waals surface area contributed by atoms with E-state index in [-0.39, 0.29) is 22.4 Å². The van der Waals surface area contributed by atoms with Gasteiger partial charge in [0.25, 0.3) is 11.6 Å². The smallest absolute Gasteiger partial charge is 0.300 e. The van der Waals surface area contributed by atoms with Crippen LogP contribution >= 0.6 is 11.6 Å². The molecular weight excluding hydrogens is 294 g/mol. The van der Waals surface area contributed by atoms with Gasteiger partial charge in [-0.25, -0.2) is 4.98 Å². The van der Waals surface area contributed by atoms with Gasteiger partial charge in [-0.05, 0) is 18.9 Å². The molecule has 1 saturated carbocycles. The normalized spacial score (nSPS) is 14.9. The zero-order valence-electron chi connectivity index (χ0n) is 11.5. The first-order chi connectivity index (χ1) is 10.0. The van der Waals surface area contributed by atoms with Gasteiger partial charge in [-0.2, -0.15) is 0 Å². The summed E-state index contributed by atoms with van der Waals surface area (Å²) in [4.78, 5) is 28.5. The summed E-state index contributed by atoms with van der Waals surface area (Å²) in [6.45, 7) is 4.02. The molecule has 1 fully saturated rings. The number of rotatable bonds is 5. The van der Waals surface area contributed by atoms with Gasteiger partial charge in [0, 0.05) is 12.6 Å². The Bertz CT molecular complexity index is 571. The monoisotopic (exact) mass is 309 g/mol. The first-order valence-electron chi connectivity index (χ1n) is 6.76. The Labute approximate surface area is 127 Å². The lowest BCUT2D eigenvalue weighted by Crippen LogP contribution is -2.39. The van der Waals surface area contributed by atoms with Crippen molar-refractivity contribution in [2.75, 3.05) is 6.54 Å². The van der Waals surface area contributed by atoms with Crippen LogP contribution in [0.1, 0.15) is 36.0 Å². The maximum absolute atomic E-state index is 12.7. The number of hydrogen-bond donors (Lipinski definition) is 0. The molecule has 0 saturated heterocycles. The van der Waals surface area contributed by atoms with Gasteiger partial charge in [0.2, 0.25) is 0 Å². The van der Waals surface area contributed by atoms with Crippen LogP contribution in [0.4, 0.5) is 5.69 Å². The van der Waals surface area contributed by atoms with E-state index in [4.69, 9.17) is 11.6 Å². The number of nitrogens with zero attached hydrogens (tertiary/aromatic N) is 3. The van der Waals surface area contributed by atoms with Crippen LogP contribution in [0.5, 0.6) is 0 Å². The van der Waals surface area contributed by atoms with Gasteiger partial charge in [-0.1, -0.05) is 30.5 Å². The minimum atomic E-state index is -0.614. The average molecular weight is 310 g/mol. The number of carbonyl (C=O) groups is 1. The molecule has 0 N–H and O–H groups in total.